The van der Waals surface area contributed by atoms with Gasteiger partial charge in [-0.1, -0.05) is 18.2 Å². The topological polar surface area (TPSA) is 54.0 Å². The molecule has 0 bridgehead atoms. The quantitative estimate of drug-likeness (QED) is 0.850. The molecule has 144 valence electrons. The number of urea groups is 1. The third-order valence-corrected chi connectivity index (χ3v) is 4.86. The number of amides is 2. The van der Waals surface area contributed by atoms with Gasteiger partial charge in [0.2, 0.25) is 0 Å². The van der Waals surface area contributed by atoms with Gasteiger partial charge in [-0.25, -0.2) is 4.79 Å². The summed E-state index contributed by atoms with van der Waals surface area (Å²) >= 11 is 0. The van der Waals surface area contributed by atoms with Gasteiger partial charge in [0.25, 0.3) is 0 Å². The zero-order valence-electron chi connectivity index (χ0n) is 16.0. The Morgan fingerprint density at radius 1 is 0.963 bits per heavy atom. The maximum Gasteiger partial charge on any atom is 0.321 e. The zero-order chi connectivity index (χ0) is 19.1. The summed E-state index contributed by atoms with van der Waals surface area (Å²) < 4.78 is 10.4. The van der Waals surface area contributed by atoms with E-state index in [2.05, 4.69) is 22.3 Å². The molecule has 0 aromatic heterocycles. The van der Waals surface area contributed by atoms with E-state index in [0.29, 0.717) is 0 Å². The maximum atomic E-state index is 12.5. The molecule has 1 N–H and O–H groups in total. The van der Waals surface area contributed by atoms with Crippen LogP contribution in [0, 0.1) is 0 Å². The van der Waals surface area contributed by atoms with E-state index in [9.17, 15) is 4.79 Å². The van der Waals surface area contributed by atoms with Gasteiger partial charge in [-0.05, 0) is 36.2 Å². The van der Waals surface area contributed by atoms with E-state index in [1.807, 2.05) is 41.3 Å². The maximum absolute atomic E-state index is 12.5. The highest BCUT2D eigenvalue weighted by atomic mass is 16.5. The second kappa shape index (κ2) is 9.28. The number of hydrogen-bond donors (Lipinski definition) is 1. The molecule has 1 heterocycles. The first kappa shape index (κ1) is 19.0. The molecule has 1 fully saturated rings. The second-order valence-corrected chi connectivity index (χ2v) is 6.59. The minimum absolute atomic E-state index is 0.0574. The molecule has 6 nitrogen and oxygen atoms in total. The molecule has 2 aromatic rings. The first-order valence-electron chi connectivity index (χ1n) is 9.23. The Morgan fingerprint density at radius 2 is 1.67 bits per heavy atom. The lowest BCUT2D eigenvalue weighted by Crippen LogP contribution is -2.50. The number of ether oxygens (including phenoxy) is 2. The number of rotatable bonds is 6. The van der Waals surface area contributed by atoms with Gasteiger partial charge in [-0.2, -0.15) is 0 Å². The van der Waals surface area contributed by atoms with Crippen molar-refractivity contribution in [3.8, 4) is 11.5 Å². The van der Waals surface area contributed by atoms with Gasteiger partial charge in [0, 0.05) is 44.5 Å². The Hall–Kier alpha value is -2.73. The Balaban J connectivity index is 1.43. The average Bonchev–Trinajstić information content (AvgIpc) is 2.73. The predicted octanol–water partition coefficient (Wildman–Crippen LogP) is 3.10. The number of carbonyl (C=O) groups excluding carboxylic acids is 1. The molecule has 0 unspecified atom stereocenters. The summed E-state index contributed by atoms with van der Waals surface area (Å²) in [6.45, 7) is 4.25. The number of benzene rings is 2. The second-order valence-electron chi connectivity index (χ2n) is 6.59. The third kappa shape index (κ3) is 5.37. The molecule has 1 aliphatic heterocycles. The lowest BCUT2D eigenvalue weighted by molar-refractivity contribution is 0.148. The molecule has 2 amide bonds. The lowest BCUT2D eigenvalue weighted by atomic mass is 10.1. The minimum atomic E-state index is -0.0574. The summed E-state index contributed by atoms with van der Waals surface area (Å²) in [6, 6.07) is 15.6. The summed E-state index contributed by atoms with van der Waals surface area (Å²) in [7, 11) is 3.30. The normalized spacial score (nSPS) is 14.7. The van der Waals surface area contributed by atoms with Gasteiger partial charge < -0.3 is 19.7 Å². The van der Waals surface area contributed by atoms with Gasteiger partial charge in [0.05, 0.1) is 14.2 Å². The number of carbonyl (C=O) groups is 1. The number of piperazine rings is 1. The van der Waals surface area contributed by atoms with Crippen molar-refractivity contribution >= 4 is 11.7 Å². The van der Waals surface area contributed by atoms with Crippen molar-refractivity contribution in [2.75, 3.05) is 52.3 Å². The smallest absolute Gasteiger partial charge is 0.321 e. The van der Waals surface area contributed by atoms with Gasteiger partial charge in [0.15, 0.2) is 0 Å². The summed E-state index contributed by atoms with van der Waals surface area (Å²) in [4.78, 5) is 16.7. The van der Waals surface area contributed by atoms with Gasteiger partial charge >= 0.3 is 6.03 Å². The molecule has 3 rings (SSSR count). The molecular weight excluding hydrogens is 342 g/mol. The van der Waals surface area contributed by atoms with Crippen LogP contribution in [-0.4, -0.2) is 62.8 Å². The number of methoxy groups -OCH3 is 2. The fourth-order valence-electron chi connectivity index (χ4n) is 3.16. The van der Waals surface area contributed by atoms with Crippen LogP contribution < -0.4 is 14.8 Å². The SMILES string of the molecule is COc1ccc(CCN2CCN(C(=O)Nc3cccc(OC)c3)CC2)cc1. The van der Waals surface area contributed by atoms with Crippen LogP contribution in [0.2, 0.25) is 0 Å². The van der Waals surface area contributed by atoms with Gasteiger partial charge in [-0.3, -0.25) is 4.90 Å². The zero-order valence-corrected chi connectivity index (χ0v) is 16.0. The van der Waals surface area contributed by atoms with Crippen LogP contribution in [0.15, 0.2) is 48.5 Å². The molecule has 1 saturated heterocycles. The largest absolute Gasteiger partial charge is 0.497 e. The molecule has 0 radical (unpaired) electrons. The van der Waals surface area contributed by atoms with Crippen LogP contribution in [0.3, 0.4) is 0 Å². The molecule has 0 aliphatic carbocycles. The van der Waals surface area contributed by atoms with E-state index in [4.69, 9.17) is 9.47 Å². The fourth-order valence-corrected chi connectivity index (χ4v) is 3.16. The van der Waals surface area contributed by atoms with E-state index >= 15 is 0 Å². The number of nitrogens with zero attached hydrogens (tertiary/aromatic N) is 2. The monoisotopic (exact) mass is 369 g/mol. The highest BCUT2D eigenvalue weighted by Gasteiger charge is 2.21. The van der Waals surface area contributed by atoms with Crippen molar-refractivity contribution in [2.45, 2.75) is 6.42 Å². The van der Waals surface area contributed by atoms with Crippen molar-refractivity contribution in [1.29, 1.82) is 0 Å². The summed E-state index contributed by atoms with van der Waals surface area (Å²) in [6.07, 6.45) is 1.00. The Labute approximate surface area is 160 Å². The van der Waals surface area contributed by atoms with Crippen LogP contribution in [0.4, 0.5) is 10.5 Å². The molecule has 2 aromatic carbocycles. The van der Waals surface area contributed by atoms with Crippen molar-refractivity contribution in [3.05, 3.63) is 54.1 Å². The van der Waals surface area contributed by atoms with Crippen LogP contribution >= 0.6 is 0 Å². The van der Waals surface area contributed by atoms with Crippen molar-refractivity contribution in [1.82, 2.24) is 9.80 Å². The molecule has 6 heteroatoms. The Kier molecular flexibility index (Phi) is 6.54. The first-order chi connectivity index (χ1) is 13.2. The number of nitrogens with one attached hydrogen (secondary N) is 1. The van der Waals surface area contributed by atoms with Crippen LogP contribution in [0.1, 0.15) is 5.56 Å². The average molecular weight is 369 g/mol. The summed E-state index contributed by atoms with van der Waals surface area (Å²) in [5.41, 5.74) is 2.05. The highest BCUT2D eigenvalue weighted by molar-refractivity contribution is 5.89. The van der Waals surface area contributed by atoms with E-state index < -0.39 is 0 Å². The Morgan fingerprint density at radius 3 is 2.33 bits per heavy atom. The van der Waals surface area contributed by atoms with Crippen molar-refractivity contribution in [2.24, 2.45) is 0 Å². The van der Waals surface area contributed by atoms with Crippen LogP contribution in [0.5, 0.6) is 11.5 Å². The van der Waals surface area contributed by atoms with E-state index in [-0.39, 0.29) is 6.03 Å². The molecule has 0 atom stereocenters. The highest BCUT2D eigenvalue weighted by Crippen LogP contribution is 2.17. The third-order valence-electron chi connectivity index (χ3n) is 4.86. The van der Waals surface area contributed by atoms with Crippen molar-refractivity contribution in [3.63, 3.8) is 0 Å². The van der Waals surface area contributed by atoms with Gasteiger partial charge in [-0.15, -0.1) is 0 Å². The van der Waals surface area contributed by atoms with Crippen LogP contribution in [-0.2, 0) is 6.42 Å². The molecule has 0 saturated carbocycles. The van der Waals surface area contributed by atoms with E-state index in [1.165, 1.54) is 5.56 Å². The number of hydrogen-bond acceptors (Lipinski definition) is 4. The lowest BCUT2D eigenvalue weighted by Gasteiger charge is -2.34. The first-order valence-corrected chi connectivity index (χ1v) is 9.23. The van der Waals surface area contributed by atoms with Gasteiger partial charge in [0.1, 0.15) is 11.5 Å². The number of anilines is 1. The van der Waals surface area contributed by atoms with Crippen molar-refractivity contribution < 1.29 is 14.3 Å². The standard InChI is InChI=1S/C21H27N3O3/c1-26-19-8-6-17(7-9-19)10-11-23-12-14-24(15-13-23)21(25)22-18-4-3-5-20(16-18)27-2/h3-9,16H,10-15H2,1-2H3,(H,22,25). The summed E-state index contributed by atoms with van der Waals surface area (Å²) in [5, 5.41) is 2.95. The Bertz CT molecular complexity index is 741. The predicted molar refractivity (Wildman–Crippen MR) is 107 cm³/mol. The molecule has 27 heavy (non-hydrogen) atoms. The van der Waals surface area contributed by atoms with Crippen LogP contribution in [0.25, 0.3) is 0 Å². The molecular formula is C21H27N3O3. The minimum Gasteiger partial charge on any atom is -0.497 e. The van der Waals surface area contributed by atoms with E-state index in [0.717, 1.165) is 56.3 Å². The molecule has 1 aliphatic rings. The summed E-state index contributed by atoms with van der Waals surface area (Å²) in [5.74, 6) is 1.62. The fraction of sp³-hybridized carbons (Fsp3) is 0.381. The molecule has 0 spiro atoms. The van der Waals surface area contributed by atoms with E-state index in [1.54, 1.807) is 14.2 Å².